The summed E-state index contributed by atoms with van der Waals surface area (Å²) < 4.78 is 5.60. The van der Waals surface area contributed by atoms with Crippen molar-refractivity contribution < 1.29 is 14.3 Å². The van der Waals surface area contributed by atoms with Gasteiger partial charge >= 0.3 is 0 Å². The maximum Gasteiger partial charge on any atom is 0.259 e. The molecule has 1 saturated carbocycles. The molecule has 2 amide bonds. The number of nitrogens with one attached hydrogen (secondary N) is 1. The van der Waals surface area contributed by atoms with Crippen LogP contribution in [0.15, 0.2) is 30.3 Å². The summed E-state index contributed by atoms with van der Waals surface area (Å²) in [5.74, 6) is 0.152. The van der Waals surface area contributed by atoms with E-state index < -0.39 is 5.60 Å². The Hall–Kier alpha value is -1.88. The molecule has 3 rings (SSSR count). The SMILES string of the molecule is CO[C@](C)(C(=O)N1CCC(C(=O)NC2CC2)CC1)c1ccccc1. The van der Waals surface area contributed by atoms with Crippen LogP contribution in [0.4, 0.5) is 0 Å². The number of hydrogen-bond donors (Lipinski definition) is 1. The number of hydrogen-bond acceptors (Lipinski definition) is 3. The second-order valence-corrected chi connectivity index (χ2v) is 6.95. The quantitative estimate of drug-likeness (QED) is 0.899. The van der Waals surface area contributed by atoms with Crippen molar-refractivity contribution in [3.05, 3.63) is 35.9 Å². The zero-order valence-electron chi connectivity index (χ0n) is 14.5. The molecule has 0 radical (unpaired) electrons. The Morgan fingerprint density at radius 3 is 2.29 bits per heavy atom. The number of piperidine rings is 1. The second kappa shape index (κ2) is 6.93. The Bertz CT molecular complexity index is 592. The molecular weight excluding hydrogens is 304 g/mol. The maximum absolute atomic E-state index is 13.0. The molecule has 5 nitrogen and oxygen atoms in total. The van der Waals surface area contributed by atoms with Crippen LogP contribution in [0, 0.1) is 5.92 Å². The van der Waals surface area contributed by atoms with Gasteiger partial charge in [0.05, 0.1) is 0 Å². The summed E-state index contributed by atoms with van der Waals surface area (Å²) in [5.41, 5.74) is -0.129. The van der Waals surface area contributed by atoms with Gasteiger partial charge in [-0.2, -0.15) is 0 Å². The third-order valence-corrected chi connectivity index (χ3v) is 5.22. The normalized spacial score (nSPS) is 21.2. The van der Waals surface area contributed by atoms with E-state index >= 15 is 0 Å². The number of rotatable bonds is 5. The Balaban J connectivity index is 1.62. The molecule has 1 aromatic carbocycles. The molecule has 1 atom stereocenters. The minimum absolute atomic E-state index is 0.0279. The highest BCUT2D eigenvalue weighted by atomic mass is 16.5. The van der Waals surface area contributed by atoms with Crippen LogP contribution >= 0.6 is 0 Å². The average molecular weight is 330 g/mol. The zero-order chi connectivity index (χ0) is 17.2. The van der Waals surface area contributed by atoms with E-state index in [2.05, 4.69) is 5.32 Å². The number of amides is 2. The summed E-state index contributed by atoms with van der Waals surface area (Å²) in [6, 6.07) is 9.97. The van der Waals surface area contributed by atoms with E-state index in [4.69, 9.17) is 4.74 Å². The van der Waals surface area contributed by atoms with Crippen molar-refractivity contribution in [2.24, 2.45) is 5.92 Å². The van der Waals surface area contributed by atoms with Gasteiger partial charge in [0.25, 0.3) is 5.91 Å². The Kier molecular flexibility index (Phi) is 4.90. The number of nitrogens with zero attached hydrogens (tertiary/aromatic N) is 1. The van der Waals surface area contributed by atoms with Crippen LogP contribution in [0.1, 0.15) is 38.2 Å². The third kappa shape index (κ3) is 3.46. The highest BCUT2D eigenvalue weighted by molar-refractivity contribution is 5.87. The molecule has 1 N–H and O–H groups in total. The van der Waals surface area contributed by atoms with E-state index in [0.29, 0.717) is 19.1 Å². The van der Waals surface area contributed by atoms with E-state index in [1.54, 1.807) is 7.11 Å². The van der Waals surface area contributed by atoms with Gasteiger partial charge in [-0.25, -0.2) is 0 Å². The molecule has 1 aliphatic carbocycles. The number of methoxy groups -OCH3 is 1. The molecule has 5 heteroatoms. The van der Waals surface area contributed by atoms with Crippen LogP contribution in [0.3, 0.4) is 0 Å². The van der Waals surface area contributed by atoms with Gasteiger partial charge in [-0.05, 0) is 38.2 Å². The predicted octanol–water partition coefficient (Wildman–Crippen LogP) is 2.07. The molecule has 1 heterocycles. The standard InChI is InChI=1S/C19H26N2O3/c1-19(24-2,15-6-4-3-5-7-15)18(23)21-12-10-14(11-13-21)17(22)20-16-8-9-16/h3-7,14,16H,8-13H2,1-2H3,(H,20,22)/t19-/m0/s1. The summed E-state index contributed by atoms with van der Waals surface area (Å²) in [7, 11) is 1.57. The topological polar surface area (TPSA) is 58.6 Å². The number of ether oxygens (including phenoxy) is 1. The van der Waals surface area contributed by atoms with Crippen LogP contribution in [0.5, 0.6) is 0 Å². The Labute approximate surface area is 143 Å². The minimum atomic E-state index is -0.982. The molecule has 130 valence electrons. The van der Waals surface area contributed by atoms with Gasteiger partial charge < -0.3 is 15.0 Å². The minimum Gasteiger partial charge on any atom is -0.364 e. The lowest BCUT2D eigenvalue weighted by atomic mass is 9.91. The first-order valence-electron chi connectivity index (χ1n) is 8.75. The van der Waals surface area contributed by atoms with Crippen LogP contribution in [-0.4, -0.2) is 43.0 Å². The number of benzene rings is 1. The molecular formula is C19H26N2O3. The van der Waals surface area contributed by atoms with Crippen LogP contribution < -0.4 is 5.32 Å². The number of likely N-dealkylation sites (tertiary alicyclic amines) is 1. The average Bonchev–Trinajstić information content (AvgIpc) is 3.45. The van der Waals surface area contributed by atoms with Crippen molar-refractivity contribution in [2.75, 3.05) is 20.2 Å². The van der Waals surface area contributed by atoms with E-state index in [-0.39, 0.29) is 17.7 Å². The van der Waals surface area contributed by atoms with E-state index in [0.717, 1.165) is 31.2 Å². The van der Waals surface area contributed by atoms with Gasteiger partial charge in [0, 0.05) is 32.2 Å². The van der Waals surface area contributed by atoms with Crippen LogP contribution in [0.25, 0.3) is 0 Å². The highest BCUT2D eigenvalue weighted by Crippen LogP contribution is 2.30. The smallest absolute Gasteiger partial charge is 0.259 e. The lowest BCUT2D eigenvalue weighted by Gasteiger charge is -2.37. The fourth-order valence-corrected chi connectivity index (χ4v) is 3.28. The Morgan fingerprint density at radius 1 is 1.12 bits per heavy atom. The molecule has 0 unspecified atom stereocenters. The monoisotopic (exact) mass is 330 g/mol. The fourth-order valence-electron chi connectivity index (χ4n) is 3.28. The molecule has 0 spiro atoms. The first-order valence-corrected chi connectivity index (χ1v) is 8.75. The van der Waals surface area contributed by atoms with E-state index in [1.165, 1.54) is 0 Å². The molecule has 1 aliphatic heterocycles. The third-order valence-electron chi connectivity index (χ3n) is 5.22. The second-order valence-electron chi connectivity index (χ2n) is 6.95. The van der Waals surface area contributed by atoms with Crippen molar-refractivity contribution >= 4 is 11.8 Å². The summed E-state index contributed by atoms with van der Waals surface area (Å²) in [6.45, 7) is 3.03. The van der Waals surface area contributed by atoms with Gasteiger partial charge in [0.1, 0.15) is 0 Å². The van der Waals surface area contributed by atoms with Crippen LogP contribution in [0.2, 0.25) is 0 Å². The van der Waals surface area contributed by atoms with E-state index in [1.807, 2.05) is 42.2 Å². The lowest BCUT2D eigenvalue weighted by molar-refractivity contribution is -0.156. The first kappa shape index (κ1) is 17.0. The van der Waals surface area contributed by atoms with Gasteiger partial charge in [-0.3, -0.25) is 9.59 Å². The molecule has 0 aromatic heterocycles. The summed E-state index contributed by atoms with van der Waals surface area (Å²) in [5, 5.41) is 3.07. The van der Waals surface area contributed by atoms with Crippen molar-refractivity contribution in [3.8, 4) is 0 Å². The van der Waals surface area contributed by atoms with Gasteiger partial charge in [-0.1, -0.05) is 30.3 Å². The summed E-state index contributed by atoms with van der Waals surface area (Å²) in [4.78, 5) is 27.0. The number of carbonyl (C=O) groups excluding carboxylic acids is 2. The van der Waals surface area contributed by atoms with Crippen molar-refractivity contribution in [3.63, 3.8) is 0 Å². The molecule has 1 aromatic rings. The molecule has 1 saturated heterocycles. The van der Waals surface area contributed by atoms with Crippen LogP contribution in [-0.2, 0) is 19.9 Å². The van der Waals surface area contributed by atoms with Gasteiger partial charge in [-0.15, -0.1) is 0 Å². The summed E-state index contributed by atoms with van der Waals surface area (Å²) in [6.07, 6.45) is 3.65. The fraction of sp³-hybridized carbons (Fsp3) is 0.579. The van der Waals surface area contributed by atoms with Crippen molar-refractivity contribution in [1.29, 1.82) is 0 Å². The highest BCUT2D eigenvalue weighted by Gasteiger charge is 2.40. The summed E-state index contributed by atoms with van der Waals surface area (Å²) >= 11 is 0. The van der Waals surface area contributed by atoms with Gasteiger partial charge in [0.15, 0.2) is 5.60 Å². The molecule has 2 fully saturated rings. The molecule has 0 bridgehead atoms. The number of carbonyl (C=O) groups is 2. The molecule has 24 heavy (non-hydrogen) atoms. The largest absolute Gasteiger partial charge is 0.364 e. The van der Waals surface area contributed by atoms with E-state index in [9.17, 15) is 9.59 Å². The lowest BCUT2D eigenvalue weighted by Crippen LogP contribution is -2.50. The maximum atomic E-state index is 13.0. The Morgan fingerprint density at radius 2 is 1.75 bits per heavy atom. The first-order chi connectivity index (χ1) is 11.5. The molecule has 2 aliphatic rings. The van der Waals surface area contributed by atoms with Crippen molar-refractivity contribution in [1.82, 2.24) is 10.2 Å². The van der Waals surface area contributed by atoms with Crippen molar-refractivity contribution in [2.45, 2.75) is 44.2 Å². The zero-order valence-corrected chi connectivity index (χ0v) is 14.5. The van der Waals surface area contributed by atoms with Gasteiger partial charge in [0.2, 0.25) is 5.91 Å². The predicted molar refractivity (Wildman–Crippen MR) is 91.3 cm³/mol.